The Bertz CT molecular complexity index is 413. The quantitative estimate of drug-likeness (QED) is 0.584. The first-order valence-corrected chi connectivity index (χ1v) is 7.56. The normalized spacial score (nSPS) is 10.5. The van der Waals surface area contributed by atoms with E-state index in [1.165, 1.54) is 0 Å². The molecule has 5 nitrogen and oxygen atoms in total. The third-order valence-corrected chi connectivity index (χ3v) is 2.87. The summed E-state index contributed by atoms with van der Waals surface area (Å²) in [4.78, 5) is 12.0. The Balaban J connectivity index is 2.43. The highest BCUT2D eigenvalue weighted by Gasteiger charge is 2.12. The van der Waals surface area contributed by atoms with Crippen LogP contribution in [0, 0.1) is 6.92 Å². The van der Waals surface area contributed by atoms with Crippen molar-refractivity contribution in [3.05, 3.63) is 23.0 Å². The van der Waals surface area contributed by atoms with Gasteiger partial charge in [-0.25, -0.2) is 0 Å². The van der Waals surface area contributed by atoms with Gasteiger partial charge in [-0.2, -0.15) is 10.2 Å². The van der Waals surface area contributed by atoms with Gasteiger partial charge in [0.25, 0.3) is 5.91 Å². The van der Waals surface area contributed by atoms with Gasteiger partial charge in [-0.3, -0.25) is 4.79 Å². The Morgan fingerprint density at radius 2 is 2.21 bits per heavy atom. The highest BCUT2D eigenvalue weighted by molar-refractivity contribution is 9.09. The number of carbonyl (C=O) groups is 1. The molecule has 0 saturated heterocycles. The molecule has 0 saturated carbocycles. The molecule has 0 radical (unpaired) electrons. The van der Waals surface area contributed by atoms with Crippen LogP contribution in [0.5, 0.6) is 0 Å². The number of nitrogens with zero attached hydrogens (tertiary/aromatic N) is 2. The van der Waals surface area contributed by atoms with E-state index in [2.05, 4.69) is 31.4 Å². The van der Waals surface area contributed by atoms with Crippen LogP contribution in [0.1, 0.15) is 35.1 Å². The summed E-state index contributed by atoms with van der Waals surface area (Å²) in [6.07, 6.45) is 1.50. The minimum absolute atomic E-state index is 0.0876. The number of amides is 1. The van der Waals surface area contributed by atoms with Gasteiger partial charge in [-0.1, -0.05) is 22.9 Å². The van der Waals surface area contributed by atoms with Gasteiger partial charge >= 0.3 is 0 Å². The molecule has 0 aliphatic carbocycles. The van der Waals surface area contributed by atoms with Crippen molar-refractivity contribution in [1.82, 2.24) is 15.5 Å². The molecule has 0 bridgehead atoms. The van der Waals surface area contributed by atoms with E-state index in [1.807, 2.05) is 13.8 Å². The number of ether oxygens (including phenoxy) is 1. The van der Waals surface area contributed by atoms with E-state index in [0.29, 0.717) is 31.7 Å². The predicted octanol–water partition coefficient (Wildman–Crippen LogP) is 1.88. The number of carbonyl (C=O) groups excluding carboxylic acids is 1. The highest BCUT2D eigenvalue weighted by atomic mass is 79.9. The zero-order valence-corrected chi connectivity index (χ0v) is 13.0. The number of rotatable bonds is 8. The van der Waals surface area contributed by atoms with E-state index < -0.39 is 0 Å². The molecule has 0 atom stereocenters. The Hall–Kier alpha value is -1.01. The lowest BCUT2D eigenvalue weighted by Gasteiger charge is -2.08. The van der Waals surface area contributed by atoms with Gasteiger partial charge in [0.1, 0.15) is 0 Å². The molecule has 1 aromatic rings. The van der Waals surface area contributed by atoms with Crippen LogP contribution in [0.3, 0.4) is 0 Å². The van der Waals surface area contributed by atoms with E-state index in [9.17, 15) is 4.79 Å². The van der Waals surface area contributed by atoms with Crippen molar-refractivity contribution in [2.24, 2.45) is 0 Å². The fraction of sp³-hybridized carbons (Fsp3) is 0.615. The zero-order chi connectivity index (χ0) is 14.1. The molecule has 1 amide bonds. The first-order valence-electron chi connectivity index (χ1n) is 6.44. The zero-order valence-electron chi connectivity index (χ0n) is 11.4. The van der Waals surface area contributed by atoms with Crippen LogP contribution in [0.25, 0.3) is 0 Å². The number of aryl methyl sites for hydroxylation is 2. The van der Waals surface area contributed by atoms with Gasteiger partial charge < -0.3 is 10.1 Å². The summed E-state index contributed by atoms with van der Waals surface area (Å²) in [5.41, 5.74) is 2.11. The molecule has 0 spiro atoms. The molecular formula is C13H20BrN3O2. The van der Waals surface area contributed by atoms with Crippen molar-refractivity contribution >= 4 is 21.8 Å². The Morgan fingerprint density at radius 3 is 2.89 bits per heavy atom. The summed E-state index contributed by atoms with van der Waals surface area (Å²) >= 11 is 3.29. The van der Waals surface area contributed by atoms with Crippen molar-refractivity contribution in [1.29, 1.82) is 0 Å². The average molecular weight is 330 g/mol. The molecular weight excluding hydrogens is 310 g/mol. The van der Waals surface area contributed by atoms with Crippen molar-refractivity contribution in [3.8, 4) is 0 Å². The third kappa shape index (κ3) is 5.65. The lowest BCUT2D eigenvalue weighted by atomic mass is 10.1. The standard InChI is InChI=1S/C13H20BrN3O2/c1-3-12-11(9-10(2)16-17-12)13(18)15-6-4-7-19-8-5-14/h9H,3-8H2,1-2H3,(H,15,18). The SMILES string of the molecule is CCc1nnc(C)cc1C(=O)NCCCOCCBr. The fourth-order valence-electron chi connectivity index (χ4n) is 1.60. The van der Waals surface area contributed by atoms with Gasteiger partial charge in [0.15, 0.2) is 0 Å². The van der Waals surface area contributed by atoms with Crippen molar-refractivity contribution in [3.63, 3.8) is 0 Å². The monoisotopic (exact) mass is 329 g/mol. The number of hydrogen-bond acceptors (Lipinski definition) is 4. The summed E-state index contributed by atoms with van der Waals surface area (Å²) in [5.74, 6) is -0.0876. The molecule has 1 heterocycles. The number of alkyl halides is 1. The van der Waals surface area contributed by atoms with Crippen LogP contribution in [0.2, 0.25) is 0 Å². The number of aromatic nitrogens is 2. The minimum atomic E-state index is -0.0876. The van der Waals surface area contributed by atoms with E-state index in [4.69, 9.17) is 4.74 Å². The van der Waals surface area contributed by atoms with E-state index >= 15 is 0 Å². The molecule has 0 aliphatic heterocycles. The van der Waals surface area contributed by atoms with Crippen LogP contribution in [-0.2, 0) is 11.2 Å². The summed E-state index contributed by atoms with van der Waals surface area (Å²) < 4.78 is 5.31. The largest absolute Gasteiger partial charge is 0.381 e. The second kappa shape index (κ2) is 8.98. The number of hydrogen-bond donors (Lipinski definition) is 1. The second-order valence-electron chi connectivity index (χ2n) is 4.11. The molecule has 0 unspecified atom stereocenters. The van der Waals surface area contributed by atoms with E-state index in [1.54, 1.807) is 6.07 Å². The van der Waals surface area contributed by atoms with Gasteiger partial charge in [0, 0.05) is 18.5 Å². The van der Waals surface area contributed by atoms with Crippen molar-refractivity contribution in [2.75, 3.05) is 25.1 Å². The van der Waals surface area contributed by atoms with Crippen LogP contribution in [-0.4, -0.2) is 41.2 Å². The summed E-state index contributed by atoms with van der Waals surface area (Å²) in [5, 5.41) is 11.7. The van der Waals surface area contributed by atoms with E-state index in [0.717, 1.165) is 23.1 Å². The summed E-state index contributed by atoms with van der Waals surface area (Å²) in [6.45, 7) is 5.74. The molecule has 0 aliphatic rings. The highest BCUT2D eigenvalue weighted by Crippen LogP contribution is 2.07. The molecule has 1 N–H and O–H groups in total. The van der Waals surface area contributed by atoms with Gasteiger partial charge in [0.05, 0.1) is 23.6 Å². The maximum absolute atomic E-state index is 12.0. The number of nitrogens with one attached hydrogen (secondary N) is 1. The van der Waals surface area contributed by atoms with Crippen molar-refractivity contribution < 1.29 is 9.53 Å². The molecule has 1 aromatic heterocycles. The van der Waals surface area contributed by atoms with Crippen LogP contribution in [0.4, 0.5) is 0 Å². The van der Waals surface area contributed by atoms with Crippen LogP contribution in [0.15, 0.2) is 6.07 Å². The van der Waals surface area contributed by atoms with Gasteiger partial charge in [-0.05, 0) is 25.8 Å². The molecule has 0 aromatic carbocycles. The second-order valence-corrected chi connectivity index (χ2v) is 4.90. The molecule has 0 fully saturated rings. The van der Waals surface area contributed by atoms with Crippen LogP contribution >= 0.6 is 15.9 Å². The lowest BCUT2D eigenvalue weighted by Crippen LogP contribution is -2.27. The smallest absolute Gasteiger partial charge is 0.253 e. The Labute approximate surface area is 122 Å². The summed E-state index contributed by atoms with van der Waals surface area (Å²) in [6, 6.07) is 1.78. The lowest BCUT2D eigenvalue weighted by molar-refractivity contribution is 0.0943. The minimum Gasteiger partial charge on any atom is -0.381 e. The fourth-order valence-corrected chi connectivity index (χ4v) is 1.83. The number of halogens is 1. The van der Waals surface area contributed by atoms with E-state index in [-0.39, 0.29) is 5.91 Å². The topological polar surface area (TPSA) is 64.1 Å². The maximum Gasteiger partial charge on any atom is 0.253 e. The molecule has 1 rings (SSSR count). The Kier molecular flexibility index (Phi) is 7.59. The summed E-state index contributed by atoms with van der Waals surface area (Å²) in [7, 11) is 0. The molecule has 106 valence electrons. The molecule has 19 heavy (non-hydrogen) atoms. The first-order chi connectivity index (χ1) is 9.19. The predicted molar refractivity (Wildman–Crippen MR) is 77.7 cm³/mol. The third-order valence-electron chi connectivity index (χ3n) is 2.54. The maximum atomic E-state index is 12.0. The van der Waals surface area contributed by atoms with Crippen LogP contribution < -0.4 is 5.32 Å². The van der Waals surface area contributed by atoms with Gasteiger partial charge in [0.2, 0.25) is 0 Å². The average Bonchev–Trinajstić information content (AvgIpc) is 2.42. The van der Waals surface area contributed by atoms with Crippen molar-refractivity contribution in [2.45, 2.75) is 26.7 Å². The molecule has 6 heteroatoms. The van der Waals surface area contributed by atoms with Gasteiger partial charge in [-0.15, -0.1) is 0 Å². The Morgan fingerprint density at radius 1 is 1.42 bits per heavy atom. The first kappa shape index (κ1) is 16.0.